The molecule has 8 heteroatoms. The van der Waals surface area contributed by atoms with Gasteiger partial charge >= 0.3 is 0 Å². The van der Waals surface area contributed by atoms with Crippen LogP contribution in [0.25, 0.3) is 10.3 Å². The van der Waals surface area contributed by atoms with Crippen LogP contribution in [0.1, 0.15) is 23.4 Å². The second-order valence-electron chi connectivity index (χ2n) is 6.29. The molecule has 0 radical (unpaired) electrons. The number of hydrogen-bond acceptors (Lipinski definition) is 6. The molecule has 4 rings (SSSR count). The van der Waals surface area contributed by atoms with Crippen molar-refractivity contribution >= 4 is 50.8 Å². The molecule has 1 aromatic carbocycles. The molecule has 0 spiro atoms. The molecule has 5 nitrogen and oxygen atoms in total. The third-order valence-electron chi connectivity index (χ3n) is 4.57. The van der Waals surface area contributed by atoms with Crippen molar-refractivity contribution in [1.82, 2.24) is 15.0 Å². The lowest BCUT2D eigenvalue weighted by molar-refractivity contribution is 0.180. The Hall–Kier alpha value is -1.47. The van der Waals surface area contributed by atoms with Gasteiger partial charge in [0.05, 0.1) is 23.9 Å². The first-order chi connectivity index (χ1) is 12.7. The van der Waals surface area contributed by atoms with E-state index < -0.39 is 0 Å². The van der Waals surface area contributed by atoms with Gasteiger partial charge in [0.25, 0.3) is 0 Å². The Morgan fingerprint density at radius 2 is 2.08 bits per heavy atom. The van der Waals surface area contributed by atoms with Crippen molar-refractivity contribution < 1.29 is 4.74 Å². The Balaban J connectivity index is 1.62. The van der Waals surface area contributed by atoms with Gasteiger partial charge < -0.3 is 9.64 Å². The molecule has 2 aromatic heterocycles. The summed E-state index contributed by atoms with van der Waals surface area (Å²) < 4.78 is 5.33. The van der Waals surface area contributed by atoms with Crippen molar-refractivity contribution in [2.75, 3.05) is 25.2 Å². The Morgan fingerprint density at radius 1 is 1.27 bits per heavy atom. The molecule has 0 aliphatic carbocycles. The number of benzene rings is 1. The molecule has 0 N–H and O–H groups in total. The fourth-order valence-corrected chi connectivity index (χ4v) is 4.75. The van der Waals surface area contributed by atoms with Crippen molar-refractivity contribution in [3.8, 4) is 0 Å². The largest absolute Gasteiger partial charge is 0.383 e. The number of aromatic nitrogens is 3. The van der Waals surface area contributed by atoms with Gasteiger partial charge in [-0.15, -0.1) is 0 Å². The fraction of sp³-hybridized carbons (Fsp3) is 0.389. The van der Waals surface area contributed by atoms with Crippen molar-refractivity contribution in [1.29, 1.82) is 0 Å². The molecule has 1 atom stereocenters. The smallest absolute Gasteiger partial charge is 0.227 e. The lowest BCUT2D eigenvalue weighted by Crippen LogP contribution is -2.34. The minimum atomic E-state index is 0.340. The van der Waals surface area contributed by atoms with Gasteiger partial charge in [0.15, 0.2) is 0 Å². The van der Waals surface area contributed by atoms with Gasteiger partial charge in [0, 0.05) is 30.1 Å². The minimum absolute atomic E-state index is 0.340. The predicted octanol–water partition coefficient (Wildman–Crippen LogP) is 4.60. The number of thiazole rings is 1. The number of hydrogen-bond donors (Lipinski definition) is 0. The number of ether oxygens (including phenoxy) is 1. The Morgan fingerprint density at radius 3 is 2.85 bits per heavy atom. The average Bonchev–Trinajstić information content (AvgIpc) is 3.24. The van der Waals surface area contributed by atoms with Crippen molar-refractivity contribution in [3.05, 3.63) is 45.0 Å². The summed E-state index contributed by atoms with van der Waals surface area (Å²) in [4.78, 5) is 17.0. The van der Waals surface area contributed by atoms with Crippen LogP contribution in [0.15, 0.2) is 24.4 Å². The van der Waals surface area contributed by atoms with E-state index in [1.54, 1.807) is 24.6 Å². The van der Waals surface area contributed by atoms with E-state index in [0.717, 1.165) is 46.3 Å². The van der Waals surface area contributed by atoms with Crippen LogP contribution in [0.4, 0.5) is 5.95 Å². The van der Waals surface area contributed by atoms with E-state index in [2.05, 4.69) is 14.9 Å². The zero-order valence-electron chi connectivity index (χ0n) is 14.3. The number of rotatable bonds is 5. The van der Waals surface area contributed by atoms with Gasteiger partial charge in [-0.3, -0.25) is 0 Å². The van der Waals surface area contributed by atoms with Crippen LogP contribution in [0.5, 0.6) is 0 Å². The molecule has 0 unspecified atom stereocenters. The normalized spacial score (nSPS) is 17.3. The van der Waals surface area contributed by atoms with Crippen LogP contribution in [-0.2, 0) is 11.2 Å². The second kappa shape index (κ2) is 7.64. The SMILES string of the molecule is COC[C@@H]1CCCN1c1ncc2nc(Cc3c(Cl)cccc3Cl)sc2n1. The Labute approximate surface area is 165 Å². The zero-order valence-corrected chi connectivity index (χ0v) is 16.6. The number of methoxy groups -OCH3 is 1. The Kier molecular flexibility index (Phi) is 5.27. The molecule has 3 heterocycles. The van der Waals surface area contributed by atoms with Gasteiger partial charge in [0.2, 0.25) is 5.95 Å². The summed E-state index contributed by atoms with van der Waals surface area (Å²) >= 11 is 14.1. The van der Waals surface area contributed by atoms with E-state index in [1.165, 1.54) is 0 Å². The van der Waals surface area contributed by atoms with Gasteiger partial charge in [0.1, 0.15) is 10.3 Å². The first kappa shape index (κ1) is 17.9. The molecular formula is C18H18Cl2N4OS. The summed E-state index contributed by atoms with van der Waals surface area (Å²) in [5, 5.41) is 2.24. The maximum Gasteiger partial charge on any atom is 0.227 e. The number of anilines is 1. The molecule has 1 aliphatic heterocycles. The molecule has 1 aliphatic rings. The quantitative estimate of drug-likeness (QED) is 0.617. The predicted molar refractivity (Wildman–Crippen MR) is 107 cm³/mol. The number of fused-ring (bicyclic) bond motifs is 1. The molecule has 136 valence electrons. The van der Waals surface area contributed by atoms with Gasteiger partial charge in [-0.1, -0.05) is 40.6 Å². The van der Waals surface area contributed by atoms with Gasteiger partial charge in [-0.2, -0.15) is 0 Å². The van der Waals surface area contributed by atoms with E-state index in [0.29, 0.717) is 29.1 Å². The highest BCUT2D eigenvalue weighted by atomic mass is 35.5. The molecular weight excluding hydrogens is 391 g/mol. The van der Waals surface area contributed by atoms with E-state index in [9.17, 15) is 0 Å². The summed E-state index contributed by atoms with van der Waals surface area (Å²) in [5.74, 6) is 0.753. The van der Waals surface area contributed by atoms with E-state index >= 15 is 0 Å². The molecule has 0 saturated carbocycles. The van der Waals surface area contributed by atoms with Crippen LogP contribution in [0.2, 0.25) is 10.0 Å². The maximum atomic E-state index is 6.28. The molecule has 0 bridgehead atoms. The van der Waals surface area contributed by atoms with Crippen molar-refractivity contribution in [3.63, 3.8) is 0 Å². The van der Waals surface area contributed by atoms with Crippen LogP contribution >= 0.6 is 34.5 Å². The summed E-state index contributed by atoms with van der Waals surface area (Å²) in [7, 11) is 1.73. The van der Waals surface area contributed by atoms with E-state index in [1.807, 2.05) is 18.2 Å². The number of halogens is 2. The monoisotopic (exact) mass is 408 g/mol. The molecule has 3 aromatic rings. The topological polar surface area (TPSA) is 51.1 Å². The van der Waals surface area contributed by atoms with Crippen molar-refractivity contribution in [2.45, 2.75) is 25.3 Å². The lowest BCUT2D eigenvalue weighted by atomic mass is 10.1. The average molecular weight is 409 g/mol. The second-order valence-corrected chi connectivity index (χ2v) is 8.17. The summed E-state index contributed by atoms with van der Waals surface area (Å²) in [6, 6.07) is 5.87. The van der Waals surface area contributed by atoms with Crippen LogP contribution in [0.3, 0.4) is 0 Å². The van der Waals surface area contributed by atoms with Crippen molar-refractivity contribution in [2.24, 2.45) is 0 Å². The maximum absolute atomic E-state index is 6.28. The molecule has 1 fully saturated rings. The Bertz CT molecular complexity index is 912. The zero-order chi connectivity index (χ0) is 18.1. The van der Waals surface area contributed by atoms with Crippen LogP contribution < -0.4 is 4.90 Å². The van der Waals surface area contributed by atoms with Gasteiger partial charge in [-0.05, 0) is 30.5 Å². The highest BCUT2D eigenvalue weighted by molar-refractivity contribution is 7.18. The third kappa shape index (κ3) is 3.51. The third-order valence-corrected chi connectivity index (χ3v) is 6.24. The first-order valence-corrected chi connectivity index (χ1v) is 10.0. The summed E-state index contributed by atoms with van der Waals surface area (Å²) in [6.45, 7) is 1.65. The standard InChI is InChI=1S/C18H18Cl2N4OS/c1-25-10-11-4-3-7-24(11)18-21-9-15-17(23-18)26-16(22-15)8-12-13(19)5-2-6-14(12)20/h2,5-6,9,11H,3-4,7-8,10H2,1H3/t11-/m0/s1. The van der Waals surface area contributed by atoms with E-state index in [-0.39, 0.29) is 0 Å². The molecule has 26 heavy (non-hydrogen) atoms. The fourth-order valence-electron chi connectivity index (χ4n) is 3.30. The number of nitrogens with zero attached hydrogens (tertiary/aromatic N) is 4. The first-order valence-electron chi connectivity index (χ1n) is 8.46. The highest BCUT2D eigenvalue weighted by Crippen LogP contribution is 2.31. The minimum Gasteiger partial charge on any atom is -0.383 e. The van der Waals surface area contributed by atoms with Gasteiger partial charge in [-0.25, -0.2) is 15.0 Å². The summed E-state index contributed by atoms with van der Waals surface area (Å²) in [6.07, 6.45) is 4.63. The lowest BCUT2D eigenvalue weighted by Gasteiger charge is -2.23. The van der Waals surface area contributed by atoms with E-state index in [4.69, 9.17) is 32.9 Å². The highest BCUT2D eigenvalue weighted by Gasteiger charge is 2.27. The molecule has 1 saturated heterocycles. The van der Waals surface area contributed by atoms with Crippen LogP contribution in [0, 0.1) is 0 Å². The van der Waals surface area contributed by atoms with Crippen LogP contribution in [-0.4, -0.2) is 41.3 Å². The summed E-state index contributed by atoms with van der Waals surface area (Å²) in [5.41, 5.74) is 1.70. The molecule has 0 amide bonds.